The van der Waals surface area contributed by atoms with Crippen molar-refractivity contribution in [3.8, 4) is 23.0 Å². The molecule has 4 heteroatoms. The minimum absolute atomic E-state index is 0.322. The molecule has 3 rings (SSSR count). The smallest absolute Gasteiger partial charge is 0.159 e. The molecule has 1 heterocycles. The van der Waals surface area contributed by atoms with Crippen molar-refractivity contribution in [2.24, 2.45) is 0 Å². The number of benzene rings is 2. The highest BCUT2D eigenvalue weighted by Crippen LogP contribution is 2.32. The summed E-state index contributed by atoms with van der Waals surface area (Å²) in [6.45, 7) is 0. The molecule has 0 fully saturated rings. The zero-order valence-corrected chi connectivity index (χ0v) is 11.7. The Bertz CT molecular complexity index is 698. The Morgan fingerprint density at radius 2 is 1.18 bits per heavy atom. The summed E-state index contributed by atoms with van der Waals surface area (Å²) in [6, 6.07) is 18.4. The molecule has 0 atom stereocenters. The molecule has 3 aromatic rings. The second-order valence-electron chi connectivity index (χ2n) is 4.50. The molecule has 0 spiro atoms. The maximum atomic E-state index is 11.4. The first-order valence-electron chi connectivity index (χ1n) is 6.76. The summed E-state index contributed by atoms with van der Waals surface area (Å²) in [5.74, 6) is 1.97. The number of aldehydes is 1. The highest BCUT2D eigenvalue weighted by molar-refractivity contribution is 5.83. The van der Waals surface area contributed by atoms with Crippen LogP contribution >= 0.6 is 0 Å². The van der Waals surface area contributed by atoms with Gasteiger partial charge in [0.25, 0.3) is 0 Å². The van der Waals surface area contributed by atoms with Gasteiger partial charge in [0.2, 0.25) is 0 Å². The third-order valence-corrected chi connectivity index (χ3v) is 2.97. The van der Waals surface area contributed by atoms with E-state index in [4.69, 9.17) is 9.47 Å². The monoisotopic (exact) mass is 291 g/mol. The van der Waals surface area contributed by atoms with Gasteiger partial charge in [-0.3, -0.25) is 9.78 Å². The van der Waals surface area contributed by atoms with Gasteiger partial charge in [-0.1, -0.05) is 36.4 Å². The van der Waals surface area contributed by atoms with Gasteiger partial charge in [0.1, 0.15) is 17.1 Å². The average molecular weight is 291 g/mol. The third-order valence-electron chi connectivity index (χ3n) is 2.97. The average Bonchev–Trinajstić information content (AvgIpc) is 2.57. The van der Waals surface area contributed by atoms with Crippen molar-refractivity contribution in [1.29, 1.82) is 0 Å². The van der Waals surface area contributed by atoms with Crippen molar-refractivity contribution in [2.45, 2.75) is 0 Å². The fourth-order valence-electron chi connectivity index (χ4n) is 1.94. The summed E-state index contributed by atoms with van der Waals surface area (Å²) in [4.78, 5) is 15.5. The molecule has 22 heavy (non-hydrogen) atoms. The molecule has 0 aliphatic heterocycles. The second-order valence-corrected chi connectivity index (χ2v) is 4.50. The molecular weight excluding hydrogens is 278 g/mol. The van der Waals surface area contributed by atoms with E-state index in [1.54, 1.807) is 24.3 Å². The second kappa shape index (κ2) is 6.54. The minimum atomic E-state index is 0.322. The molecule has 1 aromatic heterocycles. The summed E-state index contributed by atoms with van der Waals surface area (Å²) in [5.41, 5.74) is 0.322. The van der Waals surface area contributed by atoms with E-state index < -0.39 is 0 Å². The Labute approximate surface area is 128 Å². The molecule has 0 radical (unpaired) electrons. The lowest BCUT2D eigenvalue weighted by atomic mass is 10.2. The summed E-state index contributed by atoms with van der Waals surface area (Å²) >= 11 is 0. The van der Waals surface area contributed by atoms with Gasteiger partial charge in [-0.15, -0.1) is 0 Å². The van der Waals surface area contributed by atoms with Crippen LogP contribution in [0.2, 0.25) is 0 Å². The lowest BCUT2D eigenvalue weighted by Gasteiger charge is -2.11. The fraction of sp³-hybridized carbons (Fsp3) is 0. The minimum Gasteiger partial charge on any atom is -0.455 e. The maximum Gasteiger partial charge on any atom is 0.159 e. The Balaban J connectivity index is 1.92. The molecule has 0 aliphatic carbocycles. The zero-order chi connectivity index (χ0) is 15.2. The van der Waals surface area contributed by atoms with E-state index >= 15 is 0 Å². The van der Waals surface area contributed by atoms with Crippen molar-refractivity contribution < 1.29 is 14.3 Å². The van der Waals surface area contributed by atoms with Crippen LogP contribution in [-0.4, -0.2) is 11.3 Å². The number of carbonyl (C=O) groups excluding carboxylic acids is 1. The van der Waals surface area contributed by atoms with E-state index in [0.717, 1.165) is 0 Å². The number of rotatable bonds is 5. The van der Waals surface area contributed by atoms with Gasteiger partial charge in [0, 0.05) is 0 Å². The summed E-state index contributed by atoms with van der Waals surface area (Å²) in [7, 11) is 0. The van der Waals surface area contributed by atoms with Crippen LogP contribution in [0.25, 0.3) is 0 Å². The largest absolute Gasteiger partial charge is 0.455 e. The quantitative estimate of drug-likeness (QED) is 0.650. The zero-order valence-electron chi connectivity index (χ0n) is 11.7. The molecule has 0 bridgehead atoms. The molecule has 0 saturated heterocycles. The number of ether oxygens (including phenoxy) is 2. The molecule has 108 valence electrons. The van der Waals surface area contributed by atoms with Crippen LogP contribution in [0.15, 0.2) is 73.1 Å². The molecule has 0 N–H and O–H groups in total. The number of para-hydroxylation sites is 2. The summed E-state index contributed by atoms with van der Waals surface area (Å²) < 4.78 is 11.4. The Morgan fingerprint density at radius 3 is 1.59 bits per heavy atom. The van der Waals surface area contributed by atoms with Gasteiger partial charge in [0.05, 0.1) is 12.4 Å². The van der Waals surface area contributed by atoms with Gasteiger partial charge >= 0.3 is 0 Å². The number of carbonyl (C=O) groups is 1. The first-order valence-corrected chi connectivity index (χ1v) is 6.76. The van der Waals surface area contributed by atoms with E-state index in [-0.39, 0.29) is 0 Å². The molecule has 0 unspecified atom stereocenters. The van der Waals surface area contributed by atoms with Gasteiger partial charge in [-0.05, 0) is 24.3 Å². The molecular formula is C18H13NO3. The maximum absolute atomic E-state index is 11.4. The number of hydrogen-bond donors (Lipinski definition) is 0. The molecule has 0 saturated carbocycles. The van der Waals surface area contributed by atoms with Crippen molar-refractivity contribution in [3.05, 3.63) is 78.6 Å². The van der Waals surface area contributed by atoms with Crippen LogP contribution < -0.4 is 9.47 Å². The number of aromatic nitrogens is 1. The van der Waals surface area contributed by atoms with Crippen molar-refractivity contribution in [1.82, 2.24) is 4.98 Å². The van der Waals surface area contributed by atoms with Crippen LogP contribution in [0.4, 0.5) is 0 Å². The number of pyridine rings is 1. The van der Waals surface area contributed by atoms with Crippen LogP contribution in [0.1, 0.15) is 10.4 Å². The van der Waals surface area contributed by atoms with Gasteiger partial charge in [0.15, 0.2) is 17.8 Å². The standard InChI is InChI=1S/C18H13NO3/c20-13-16-17(21-14-7-3-1-4-8-14)11-19-12-18(16)22-15-9-5-2-6-10-15/h1-13H. The van der Waals surface area contributed by atoms with E-state index in [9.17, 15) is 4.79 Å². The summed E-state index contributed by atoms with van der Waals surface area (Å²) in [6.07, 6.45) is 3.70. The van der Waals surface area contributed by atoms with Crippen LogP contribution in [-0.2, 0) is 0 Å². The topological polar surface area (TPSA) is 48.4 Å². The molecule has 0 aliphatic rings. The SMILES string of the molecule is O=Cc1c(Oc2ccccc2)cncc1Oc1ccccc1. The summed E-state index contributed by atoms with van der Waals surface area (Å²) in [5, 5.41) is 0. The number of hydrogen-bond acceptors (Lipinski definition) is 4. The van der Waals surface area contributed by atoms with Gasteiger partial charge in [-0.25, -0.2) is 0 Å². The van der Waals surface area contributed by atoms with Gasteiger partial charge < -0.3 is 9.47 Å². The van der Waals surface area contributed by atoms with E-state index in [0.29, 0.717) is 34.8 Å². The Hall–Kier alpha value is -3.14. The lowest BCUT2D eigenvalue weighted by Crippen LogP contribution is -1.96. The molecule has 2 aromatic carbocycles. The van der Waals surface area contributed by atoms with Crippen LogP contribution in [0, 0.1) is 0 Å². The van der Waals surface area contributed by atoms with E-state index in [2.05, 4.69) is 4.98 Å². The van der Waals surface area contributed by atoms with Crippen molar-refractivity contribution >= 4 is 6.29 Å². The fourth-order valence-corrected chi connectivity index (χ4v) is 1.94. The highest BCUT2D eigenvalue weighted by atomic mass is 16.5. The van der Waals surface area contributed by atoms with E-state index in [1.165, 1.54) is 12.4 Å². The van der Waals surface area contributed by atoms with Crippen molar-refractivity contribution in [3.63, 3.8) is 0 Å². The number of nitrogens with zero attached hydrogens (tertiary/aromatic N) is 1. The predicted molar refractivity (Wildman–Crippen MR) is 82.7 cm³/mol. The molecule has 0 amide bonds. The lowest BCUT2D eigenvalue weighted by molar-refractivity contribution is 0.111. The first kappa shape index (κ1) is 13.8. The Kier molecular flexibility index (Phi) is 4.11. The normalized spacial score (nSPS) is 10.0. The highest BCUT2D eigenvalue weighted by Gasteiger charge is 2.12. The van der Waals surface area contributed by atoms with Crippen molar-refractivity contribution in [2.75, 3.05) is 0 Å². The predicted octanol–water partition coefficient (Wildman–Crippen LogP) is 4.48. The van der Waals surface area contributed by atoms with Crippen LogP contribution in [0.5, 0.6) is 23.0 Å². The Morgan fingerprint density at radius 1 is 0.727 bits per heavy atom. The first-order chi connectivity index (χ1) is 10.9. The van der Waals surface area contributed by atoms with E-state index in [1.807, 2.05) is 36.4 Å². The molecule has 4 nitrogen and oxygen atoms in total. The van der Waals surface area contributed by atoms with Gasteiger partial charge in [-0.2, -0.15) is 0 Å². The van der Waals surface area contributed by atoms with Crippen LogP contribution in [0.3, 0.4) is 0 Å². The third kappa shape index (κ3) is 3.12.